The van der Waals surface area contributed by atoms with E-state index in [1.807, 2.05) is 13.8 Å². The molecule has 2 rings (SSSR count). The predicted molar refractivity (Wildman–Crippen MR) is 83.3 cm³/mol. The molecule has 0 unspecified atom stereocenters. The van der Waals surface area contributed by atoms with Crippen molar-refractivity contribution in [2.75, 3.05) is 13.7 Å². The fourth-order valence-corrected chi connectivity index (χ4v) is 4.12. The van der Waals surface area contributed by atoms with Gasteiger partial charge in [-0.2, -0.15) is 0 Å². The molecule has 0 saturated heterocycles. The molecule has 1 aliphatic rings. The zero-order valence-electron chi connectivity index (χ0n) is 12.5. The normalized spacial score (nSPS) is 16.8. The van der Waals surface area contributed by atoms with Gasteiger partial charge in [0.2, 0.25) is 10.0 Å². The highest BCUT2D eigenvalue weighted by atomic mass is 35.5. The van der Waals surface area contributed by atoms with Crippen LogP contribution in [-0.2, 0) is 16.6 Å². The van der Waals surface area contributed by atoms with Crippen molar-refractivity contribution in [2.24, 2.45) is 0 Å². The lowest BCUT2D eigenvalue weighted by atomic mass is 10.2. The Morgan fingerprint density at radius 1 is 1.38 bits per heavy atom. The Morgan fingerprint density at radius 3 is 2.57 bits per heavy atom. The molecule has 0 spiro atoms. The van der Waals surface area contributed by atoms with Gasteiger partial charge in [-0.05, 0) is 38.4 Å². The quantitative estimate of drug-likeness (QED) is 0.804. The van der Waals surface area contributed by atoms with Gasteiger partial charge in [0.15, 0.2) is 0 Å². The maximum atomic E-state index is 12.6. The number of hydrogen-bond acceptors (Lipinski definition) is 4. The minimum absolute atomic E-state index is 0.0959. The number of hydrogen-bond donors (Lipinski definition) is 2. The second-order valence-electron chi connectivity index (χ2n) is 5.54. The molecule has 21 heavy (non-hydrogen) atoms. The van der Waals surface area contributed by atoms with Gasteiger partial charge in [0, 0.05) is 22.7 Å². The lowest BCUT2D eigenvalue weighted by Crippen LogP contribution is -2.34. The molecule has 1 saturated carbocycles. The van der Waals surface area contributed by atoms with Crippen molar-refractivity contribution >= 4 is 21.6 Å². The summed E-state index contributed by atoms with van der Waals surface area (Å²) in [5.74, 6) is 0.345. The van der Waals surface area contributed by atoms with Crippen LogP contribution >= 0.6 is 11.6 Å². The Kier molecular flexibility index (Phi) is 4.82. The van der Waals surface area contributed by atoms with Crippen molar-refractivity contribution in [3.63, 3.8) is 0 Å². The summed E-state index contributed by atoms with van der Waals surface area (Å²) < 4.78 is 33.2. The lowest BCUT2D eigenvalue weighted by molar-refractivity contribution is 0.395. The van der Waals surface area contributed by atoms with Crippen LogP contribution in [0, 0.1) is 0 Å². The van der Waals surface area contributed by atoms with E-state index in [4.69, 9.17) is 16.3 Å². The molecule has 118 valence electrons. The highest BCUT2D eigenvalue weighted by molar-refractivity contribution is 7.89. The van der Waals surface area contributed by atoms with Crippen LogP contribution in [0.4, 0.5) is 0 Å². The van der Waals surface area contributed by atoms with Gasteiger partial charge in [-0.15, -0.1) is 0 Å². The Labute approximate surface area is 131 Å². The number of rotatable bonds is 7. The van der Waals surface area contributed by atoms with E-state index >= 15 is 0 Å². The fourth-order valence-electron chi connectivity index (χ4n) is 2.11. The third-order valence-electron chi connectivity index (χ3n) is 3.54. The predicted octanol–water partition coefficient (Wildman–Crippen LogP) is 2.29. The van der Waals surface area contributed by atoms with Gasteiger partial charge >= 0.3 is 0 Å². The summed E-state index contributed by atoms with van der Waals surface area (Å²) in [6.07, 6.45) is 1.69. The minimum atomic E-state index is -3.66. The molecule has 0 bridgehead atoms. The molecule has 1 fully saturated rings. The lowest BCUT2D eigenvalue weighted by Gasteiger charge is -2.17. The van der Waals surface area contributed by atoms with Gasteiger partial charge in [0.05, 0.1) is 7.11 Å². The summed E-state index contributed by atoms with van der Waals surface area (Å²) in [4.78, 5) is 0.0959. The zero-order chi connectivity index (χ0) is 15.7. The maximum absolute atomic E-state index is 12.6. The second kappa shape index (κ2) is 6.12. The average Bonchev–Trinajstić information content (AvgIpc) is 3.12. The molecule has 0 heterocycles. The summed E-state index contributed by atoms with van der Waals surface area (Å²) in [7, 11) is -2.19. The van der Waals surface area contributed by atoms with E-state index in [1.165, 1.54) is 13.2 Å². The van der Waals surface area contributed by atoms with Gasteiger partial charge < -0.3 is 10.1 Å². The standard InChI is InChI=1S/C14H21ClN2O3S/c1-4-16-9-10-7-11(15)8-12(13(10)20-3)21(18,19)17-14(2)5-6-14/h7-8,16-17H,4-6,9H2,1-3H3. The molecule has 2 N–H and O–H groups in total. The highest BCUT2D eigenvalue weighted by Crippen LogP contribution is 2.38. The molecule has 1 aromatic carbocycles. The van der Waals surface area contributed by atoms with Crippen molar-refractivity contribution in [3.8, 4) is 5.75 Å². The van der Waals surface area contributed by atoms with E-state index in [9.17, 15) is 8.42 Å². The van der Waals surface area contributed by atoms with Gasteiger partial charge in [-0.3, -0.25) is 0 Å². The van der Waals surface area contributed by atoms with Crippen molar-refractivity contribution in [2.45, 2.75) is 43.7 Å². The Balaban J connectivity index is 2.43. The van der Waals surface area contributed by atoms with E-state index in [-0.39, 0.29) is 10.4 Å². The number of benzene rings is 1. The van der Waals surface area contributed by atoms with Gasteiger partial charge in [-0.1, -0.05) is 18.5 Å². The fraction of sp³-hybridized carbons (Fsp3) is 0.571. The van der Waals surface area contributed by atoms with E-state index in [2.05, 4.69) is 10.0 Å². The molecule has 0 atom stereocenters. The van der Waals surface area contributed by atoms with Crippen LogP contribution in [0.2, 0.25) is 5.02 Å². The summed E-state index contributed by atoms with van der Waals surface area (Å²) in [6, 6.07) is 3.16. The van der Waals surface area contributed by atoms with Crippen LogP contribution in [0.15, 0.2) is 17.0 Å². The molecule has 1 aliphatic carbocycles. The molecule has 0 aromatic heterocycles. The minimum Gasteiger partial charge on any atom is -0.495 e. The molecule has 0 aliphatic heterocycles. The number of sulfonamides is 1. The van der Waals surface area contributed by atoms with Gasteiger partial charge in [-0.25, -0.2) is 13.1 Å². The highest BCUT2D eigenvalue weighted by Gasteiger charge is 2.42. The van der Waals surface area contributed by atoms with Gasteiger partial charge in [0.1, 0.15) is 10.6 Å². The van der Waals surface area contributed by atoms with E-state index < -0.39 is 10.0 Å². The van der Waals surface area contributed by atoms with Crippen molar-refractivity contribution < 1.29 is 13.2 Å². The molecule has 1 aromatic rings. The largest absolute Gasteiger partial charge is 0.495 e. The number of halogens is 1. The maximum Gasteiger partial charge on any atom is 0.244 e. The topological polar surface area (TPSA) is 67.4 Å². The van der Waals surface area contributed by atoms with Crippen LogP contribution in [-0.4, -0.2) is 27.6 Å². The Hall–Kier alpha value is -0.820. The zero-order valence-corrected chi connectivity index (χ0v) is 14.1. The Morgan fingerprint density at radius 2 is 2.05 bits per heavy atom. The van der Waals surface area contributed by atoms with Crippen LogP contribution in [0.5, 0.6) is 5.75 Å². The first-order chi connectivity index (χ1) is 9.81. The number of methoxy groups -OCH3 is 1. The first-order valence-electron chi connectivity index (χ1n) is 6.92. The third-order valence-corrected chi connectivity index (χ3v) is 5.40. The smallest absolute Gasteiger partial charge is 0.244 e. The first kappa shape index (κ1) is 16.5. The number of ether oxygens (including phenoxy) is 1. The summed E-state index contributed by atoms with van der Waals surface area (Å²) in [6.45, 7) is 5.14. The van der Waals surface area contributed by atoms with Crippen molar-refractivity contribution in [3.05, 3.63) is 22.7 Å². The monoisotopic (exact) mass is 332 g/mol. The first-order valence-corrected chi connectivity index (χ1v) is 8.78. The third kappa shape index (κ3) is 3.88. The molecular weight excluding hydrogens is 312 g/mol. The van der Waals surface area contributed by atoms with E-state index in [0.717, 1.165) is 24.9 Å². The summed E-state index contributed by atoms with van der Waals surface area (Å²) in [5.41, 5.74) is 0.391. The number of nitrogens with one attached hydrogen (secondary N) is 2. The van der Waals surface area contributed by atoms with Gasteiger partial charge in [0.25, 0.3) is 0 Å². The molecule has 7 heteroatoms. The van der Waals surface area contributed by atoms with Crippen LogP contribution < -0.4 is 14.8 Å². The van der Waals surface area contributed by atoms with Crippen molar-refractivity contribution in [1.29, 1.82) is 0 Å². The van der Waals surface area contributed by atoms with Crippen molar-refractivity contribution in [1.82, 2.24) is 10.0 Å². The van der Waals surface area contributed by atoms with E-state index in [1.54, 1.807) is 6.07 Å². The van der Waals surface area contributed by atoms with Crippen LogP contribution in [0.3, 0.4) is 0 Å². The second-order valence-corrected chi connectivity index (χ2v) is 7.63. The molecule has 5 nitrogen and oxygen atoms in total. The molecular formula is C14H21ClN2O3S. The summed E-state index contributed by atoms with van der Waals surface area (Å²) in [5, 5.41) is 3.53. The average molecular weight is 333 g/mol. The van der Waals surface area contributed by atoms with E-state index in [0.29, 0.717) is 17.3 Å². The Bertz CT molecular complexity index is 627. The van der Waals surface area contributed by atoms with Crippen LogP contribution in [0.1, 0.15) is 32.3 Å². The molecule has 0 radical (unpaired) electrons. The molecule has 0 amide bonds. The summed E-state index contributed by atoms with van der Waals surface area (Å²) >= 11 is 6.08. The SMILES string of the molecule is CCNCc1cc(Cl)cc(S(=O)(=O)NC2(C)CC2)c1OC. The van der Waals surface area contributed by atoms with Crippen LogP contribution in [0.25, 0.3) is 0 Å².